The number of halogens is 3. The van der Waals surface area contributed by atoms with Gasteiger partial charge in [0, 0.05) is 23.2 Å². The van der Waals surface area contributed by atoms with Crippen molar-refractivity contribution >= 4 is 22.7 Å². The van der Waals surface area contributed by atoms with Gasteiger partial charge in [0.1, 0.15) is 11.5 Å². The van der Waals surface area contributed by atoms with E-state index in [0.717, 1.165) is 35.2 Å². The van der Waals surface area contributed by atoms with Crippen LogP contribution in [0.25, 0.3) is 17.0 Å². The zero-order chi connectivity index (χ0) is 26.3. The van der Waals surface area contributed by atoms with Crippen molar-refractivity contribution in [2.24, 2.45) is 16.8 Å². The SMILES string of the molecule is CC1CCC(C2=CCC(=c3ccc(=C4N=C5C=C(c6nccc(C(F)(F)F)n6)C=CC5N4)cn3)C=C2)CC1. The Morgan fingerprint density at radius 2 is 1.82 bits per heavy atom. The van der Waals surface area contributed by atoms with Gasteiger partial charge < -0.3 is 5.32 Å². The summed E-state index contributed by atoms with van der Waals surface area (Å²) in [6, 6.07) is 4.71. The van der Waals surface area contributed by atoms with Crippen molar-refractivity contribution in [2.75, 3.05) is 0 Å². The summed E-state index contributed by atoms with van der Waals surface area (Å²) in [5, 5.41) is 5.15. The molecule has 1 unspecified atom stereocenters. The molecule has 3 aliphatic carbocycles. The lowest BCUT2D eigenvalue weighted by atomic mass is 9.78. The van der Waals surface area contributed by atoms with Crippen LogP contribution in [0, 0.1) is 11.8 Å². The van der Waals surface area contributed by atoms with Gasteiger partial charge in [0.2, 0.25) is 0 Å². The van der Waals surface area contributed by atoms with Gasteiger partial charge in [0.05, 0.1) is 17.1 Å². The van der Waals surface area contributed by atoms with Gasteiger partial charge in [0.25, 0.3) is 0 Å². The Bertz CT molecular complexity index is 1510. The molecule has 1 aliphatic heterocycles. The maximum Gasteiger partial charge on any atom is 0.433 e. The minimum atomic E-state index is -4.52. The van der Waals surface area contributed by atoms with Crippen molar-refractivity contribution < 1.29 is 13.2 Å². The fourth-order valence-electron chi connectivity index (χ4n) is 5.44. The Hall–Kier alpha value is -3.81. The number of aromatic nitrogens is 3. The van der Waals surface area contributed by atoms with E-state index in [1.54, 1.807) is 12.2 Å². The fourth-order valence-corrected chi connectivity index (χ4v) is 5.44. The van der Waals surface area contributed by atoms with Gasteiger partial charge in [-0.3, -0.25) is 4.98 Å². The standard InChI is InChI=1S/C30H28F3N5/c1-18-2-4-19(5-3-18)20-6-8-21(9-7-20)24-12-11-23(17-35-24)29-36-25-13-10-22(16-26(25)37-29)28-34-15-14-27(38-28)30(31,32)33/h6-8,10-19,25,36H,2-5,9H2,1H3. The molecule has 3 heterocycles. The molecule has 1 N–H and O–H groups in total. The highest BCUT2D eigenvalue weighted by Gasteiger charge is 2.33. The van der Waals surface area contributed by atoms with Crippen LogP contribution in [0.3, 0.4) is 0 Å². The molecule has 1 fully saturated rings. The summed E-state index contributed by atoms with van der Waals surface area (Å²) in [6.07, 6.45) is 16.6. The van der Waals surface area contributed by atoms with E-state index < -0.39 is 11.9 Å². The van der Waals surface area contributed by atoms with E-state index in [1.807, 2.05) is 24.4 Å². The number of rotatable bonds is 2. The van der Waals surface area contributed by atoms with Gasteiger partial charge >= 0.3 is 6.18 Å². The minimum absolute atomic E-state index is 0.0181. The van der Waals surface area contributed by atoms with E-state index >= 15 is 0 Å². The zero-order valence-corrected chi connectivity index (χ0v) is 21.0. The molecule has 2 aromatic heterocycles. The number of aliphatic imine (C=N–C) groups is 1. The lowest BCUT2D eigenvalue weighted by Gasteiger charge is -2.28. The summed E-state index contributed by atoms with van der Waals surface area (Å²) in [6.45, 7) is 2.35. The molecule has 0 spiro atoms. The summed E-state index contributed by atoms with van der Waals surface area (Å²) in [4.78, 5) is 17.1. The Kier molecular flexibility index (Phi) is 6.33. The highest BCUT2D eigenvalue weighted by atomic mass is 19.4. The molecular formula is C30H28F3N5. The smallest absolute Gasteiger partial charge is 0.358 e. The maximum absolute atomic E-state index is 13.1. The van der Waals surface area contributed by atoms with E-state index in [9.17, 15) is 13.2 Å². The maximum atomic E-state index is 13.1. The van der Waals surface area contributed by atoms with Gasteiger partial charge in [0.15, 0.2) is 5.82 Å². The second kappa shape index (κ2) is 9.82. The minimum Gasteiger partial charge on any atom is -0.358 e. The fraction of sp³-hybridized carbons (Fsp3) is 0.333. The second-order valence-corrected chi connectivity index (χ2v) is 10.4. The summed E-state index contributed by atoms with van der Waals surface area (Å²) in [5.41, 5.74) is 2.88. The number of nitrogens with one attached hydrogen (secondary N) is 1. The monoisotopic (exact) mass is 515 g/mol. The van der Waals surface area contributed by atoms with Crippen LogP contribution in [0.4, 0.5) is 13.2 Å². The van der Waals surface area contributed by atoms with Crippen LogP contribution in [0.5, 0.6) is 0 Å². The lowest BCUT2D eigenvalue weighted by Crippen LogP contribution is -2.30. The highest BCUT2D eigenvalue weighted by Crippen LogP contribution is 2.35. The molecule has 8 heteroatoms. The van der Waals surface area contributed by atoms with E-state index in [-0.39, 0.29) is 11.9 Å². The molecule has 38 heavy (non-hydrogen) atoms. The molecule has 194 valence electrons. The number of nitrogens with zero attached hydrogens (tertiary/aromatic N) is 4. The third kappa shape index (κ3) is 4.99. The lowest BCUT2D eigenvalue weighted by molar-refractivity contribution is -0.141. The average Bonchev–Trinajstić information content (AvgIpc) is 3.37. The number of alkyl halides is 3. The Labute approximate surface area is 219 Å². The van der Waals surface area contributed by atoms with Gasteiger partial charge in [-0.1, -0.05) is 50.1 Å². The number of allylic oxidation sites excluding steroid dienone is 6. The first-order chi connectivity index (χ1) is 18.3. The van der Waals surface area contributed by atoms with Crippen LogP contribution < -0.4 is 15.9 Å². The van der Waals surface area contributed by atoms with Crippen LogP contribution in [0.15, 0.2) is 77.6 Å². The first-order valence-electron chi connectivity index (χ1n) is 13.1. The molecule has 1 atom stereocenters. The molecule has 0 aromatic carbocycles. The average molecular weight is 516 g/mol. The number of pyridine rings is 1. The molecule has 5 nitrogen and oxygen atoms in total. The second-order valence-electron chi connectivity index (χ2n) is 10.4. The first-order valence-corrected chi connectivity index (χ1v) is 13.1. The Morgan fingerprint density at radius 3 is 2.53 bits per heavy atom. The topological polar surface area (TPSA) is 63.1 Å². The van der Waals surface area contributed by atoms with E-state index in [2.05, 4.69) is 45.4 Å². The molecule has 2 aromatic rings. The number of hydrogen-bond donors (Lipinski definition) is 1. The van der Waals surface area contributed by atoms with E-state index in [0.29, 0.717) is 23.0 Å². The molecule has 0 amide bonds. The molecular weight excluding hydrogens is 487 g/mol. The molecule has 4 aliphatic rings. The number of hydrogen-bond acceptors (Lipinski definition) is 5. The van der Waals surface area contributed by atoms with Gasteiger partial charge in [-0.15, -0.1) is 0 Å². The number of fused-ring (bicyclic) bond motifs is 1. The molecule has 0 radical (unpaired) electrons. The van der Waals surface area contributed by atoms with Crippen LogP contribution in [-0.2, 0) is 6.18 Å². The van der Waals surface area contributed by atoms with Crippen molar-refractivity contribution in [1.82, 2.24) is 20.3 Å². The van der Waals surface area contributed by atoms with Crippen LogP contribution in [0.1, 0.15) is 50.5 Å². The molecule has 1 saturated carbocycles. The molecule has 0 bridgehead atoms. The van der Waals surface area contributed by atoms with E-state index in [1.165, 1.54) is 36.8 Å². The quantitative estimate of drug-likeness (QED) is 0.619. The Morgan fingerprint density at radius 1 is 0.974 bits per heavy atom. The third-order valence-electron chi connectivity index (χ3n) is 7.72. The molecule has 6 rings (SSSR count). The zero-order valence-electron chi connectivity index (χ0n) is 21.0. The third-order valence-corrected chi connectivity index (χ3v) is 7.72. The van der Waals surface area contributed by atoms with Gasteiger partial charge in [-0.05, 0) is 66.5 Å². The van der Waals surface area contributed by atoms with Gasteiger partial charge in [-0.25, -0.2) is 15.0 Å². The van der Waals surface area contributed by atoms with Gasteiger partial charge in [-0.2, -0.15) is 13.2 Å². The van der Waals surface area contributed by atoms with Crippen molar-refractivity contribution in [1.29, 1.82) is 0 Å². The van der Waals surface area contributed by atoms with Crippen molar-refractivity contribution in [3.8, 4) is 0 Å². The summed E-state index contributed by atoms with van der Waals surface area (Å²) in [5.74, 6) is 2.23. The van der Waals surface area contributed by atoms with Crippen molar-refractivity contribution in [3.05, 3.63) is 94.7 Å². The van der Waals surface area contributed by atoms with Crippen molar-refractivity contribution in [2.45, 2.75) is 51.2 Å². The molecule has 0 saturated heterocycles. The first kappa shape index (κ1) is 24.5. The largest absolute Gasteiger partial charge is 0.433 e. The summed E-state index contributed by atoms with van der Waals surface area (Å²) < 4.78 is 39.2. The normalized spacial score (nSPS) is 27.8. The predicted molar refractivity (Wildman–Crippen MR) is 142 cm³/mol. The highest BCUT2D eigenvalue weighted by molar-refractivity contribution is 6.12. The van der Waals surface area contributed by atoms with Crippen LogP contribution in [0.2, 0.25) is 0 Å². The predicted octanol–water partition coefficient (Wildman–Crippen LogP) is 4.89. The van der Waals surface area contributed by atoms with Crippen molar-refractivity contribution in [3.63, 3.8) is 0 Å². The summed E-state index contributed by atoms with van der Waals surface area (Å²) >= 11 is 0. The van der Waals surface area contributed by atoms with E-state index in [4.69, 9.17) is 4.98 Å². The summed E-state index contributed by atoms with van der Waals surface area (Å²) in [7, 11) is 0. The van der Waals surface area contributed by atoms with Crippen LogP contribution >= 0.6 is 0 Å². The Balaban J connectivity index is 1.22. The van der Waals surface area contributed by atoms with Crippen LogP contribution in [-0.4, -0.2) is 26.7 Å².